The number of aliphatic carboxylic acids is 1. The highest BCUT2D eigenvalue weighted by Crippen LogP contribution is 2.18. The Hall–Kier alpha value is -1.28. The Morgan fingerprint density at radius 3 is 2.79 bits per heavy atom. The third kappa shape index (κ3) is 2.89. The maximum Gasteiger partial charge on any atom is 0.328 e. The molecule has 0 spiro atoms. The fraction of sp³-hybridized carbons (Fsp3) is 0.182. The Balaban J connectivity index is 2.91. The number of benzene rings is 1. The van der Waals surface area contributed by atoms with Gasteiger partial charge in [-0.2, -0.15) is 0 Å². The number of hydrogen-bond acceptors (Lipinski definition) is 1. The van der Waals surface area contributed by atoms with Gasteiger partial charge in [-0.3, -0.25) is 0 Å². The van der Waals surface area contributed by atoms with E-state index < -0.39 is 5.97 Å². The molecule has 14 heavy (non-hydrogen) atoms. The minimum absolute atomic E-state index is 0.681. The third-order valence-electron chi connectivity index (χ3n) is 1.88. The molecule has 0 amide bonds. The molecule has 0 saturated heterocycles. The number of hydrogen-bond donors (Lipinski definition) is 1. The zero-order valence-electron chi connectivity index (χ0n) is 7.83. The molecule has 0 aliphatic rings. The van der Waals surface area contributed by atoms with Crippen molar-refractivity contribution in [2.75, 3.05) is 0 Å². The molecule has 0 saturated carbocycles. The SMILES string of the molecule is CCc1ccc(/C=C/C(=O)O)cc1Cl. The molecule has 1 N–H and O–H groups in total. The Kier molecular flexibility index (Phi) is 3.72. The predicted molar refractivity (Wildman–Crippen MR) is 57.5 cm³/mol. The molecule has 0 heterocycles. The van der Waals surface area contributed by atoms with Crippen molar-refractivity contribution in [2.45, 2.75) is 13.3 Å². The average Bonchev–Trinajstić information content (AvgIpc) is 2.15. The van der Waals surface area contributed by atoms with Crippen molar-refractivity contribution >= 4 is 23.6 Å². The first-order valence-electron chi connectivity index (χ1n) is 4.33. The van der Waals surface area contributed by atoms with E-state index in [-0.39, 0.29) is 0 Å². The molecule has 0 fully saturated rings. The number of carboxylic acids is 1. The topological polar surface area (TPSA) is 37.3 Å². The fourth-order valence-electron chi connectivity index (χ4n) is 1.12. The molecule has 1 aromatic carbocycles. The van der Waals surface area contributed by atoms with Gasteiger partial charge in [-0.05, 0) is 29.7 Å². The van der Waals surface area contributed by atoms with E-state index in [1.165, 1.54) is 6.08 Å². The quantitative estimate of drug-likeness (QED) is 0.779. The van der Waals surface area contributed by atoms with Gasteiger partial charge in [-0.25, -0.2) is 4.79 Å². The second kappa shape index (κ2) is 4.82. The van der Waals surface area contributed by atoms with Gasteiger partial charge in [0.15, 0.2) is 0 Å². The van der Waals surface area contributed by atoms with E-state index in [0.717, 1.165) is 23.6 Å². The summed E-state index contributed by atoms with van der Waals surface area (Å²) < 4.78 is 0. The van der Waals surface area contributed by atoms with Crippen LogP contribution < -0.4 is 0 Å². The van der Waals surface area contributed by atoms with Crippen LogP contribution in [0, 0.1) is 0 Å². The van der Waals surface area contributed by atoms with E-state index in [4.69, 9.17) is 16.7 Å². The van der Waals surface area contributed by atoms with Crippen LogP contribution in [0.1, 0.15) is 18.1 Å². The third-order valence-corrected chi connectivity index (χ3v) is 2.23. The molecule has 0 unspecified atom stereocenters. The molecule has 0 aromatic heterocycles. The average molecular weight is 211 g/mol. The van der Waals surface area contributed by atoms with Gasteiger partial charge in [0.25, 0.3) is 0 Å². The summed E-state index contributed by atoms with van der Waals surface area (Å²) in [5, 5.41) is 9.11. The van der Waals surface area contributed by atoms with Gasteiger partial charge < -0.3 is 5.11 Å². The van der Waals surface area contributed by atoms with Gasteiger partial charge in [0.05, 0.1) is 0 Å². The second-order valence-corrected chi connectivity index (χ2v) is 3.28. The molecule has 2 nitrogen and oxygen atoms in total. The lowest BCUT2D eigenvalue weighted by molar-refractivity contribution is -0.131. The standard InChI is InChI=1S/C11H11ClO2/c1-2-9-5-3-8(7-10(9)12)4-6-11(13)14/h3-7H,2H2,1H3,(H,13,14)/b6-4+. The first-order chi connectivity index (χ1) is 6.63. The lowest BCUT2D eigenvalue weighted by Crippen LogP contribution is -1.87. The van der Waals surface area contributed by atoms with Crippen LogP contribution in [0.25, 0.3) is 6.08 Å². The summed E-state index contributed by atoms with van der Waals surface area (Å²) in [5.41, 5.74) is 1.87. The van der Waals surface area contributed by atoms with E-state index in [2.05, 4.69) is 0 Å². The van der Waals surface area contributed by atoms with Crippen LogP contribution in [0.3, 0.4) is 0 Å². The molecule has 0 radical (unpaired) electrons. The number of rotatable bonds is 3. The first-order valence-corrected chi connectivity index (χ1v) is 4.70. The molecule has 0 aliphatic carbocycles. The molecular formula is C11H11ClO2. The summed E-state index contributed by atoms with van der Waals surface area (Å²) in [6, 6.07) is 5.52. The van der Waals surface area contributed by atoms with Crippen LogP contribution in [0.4, 0.5) is 0 Å². The van der Waals surface area contributed by atoms with E-state index in [9.17, 15) is 4.79 Å². The monoisotopic (exact) mass is 210 g/mol. The van der Waals surface area contributed by atoms with Gasteiger partial charge in [0.1, 0.15) is 0 Å². The highest BCUT2D eigenvalue weighted by molar-refractivity contribution is 6.31. The first kappa shape index (κ1) is 10.8. The number of carboxylic acid groups (broad SMARTS) is 1. The van der Waals surface area contributed by atoms with Gasteiger partial charge in [0, 0.05) is 11.1 Å². The van der Waals surface area contributed by atoms with E-state index >= 15 is 0 Å². The van der Waals surface area contributed by atoms with Crippen LogP contribution in [-0.2, 0) is 11.2 Å². The molecule has 1 aromatic rings. The van der Waals surface area contributed by atoms with Crippen LogP contribution in [0.2, 0.25) is 5.02 Å². The minimum Gasteiger partial charge on any atom is -0.478 e. The fourth-order valence-corrected chi connectivity index (χ4v) is 1.44. The van der Waals surface area contributed by atoms with Crippen molar-refractivity contribution in [3.05, 3.63) is 40.4 Å². The Bertz CT molecular complexity index is 370. The van der Waals surface area contributed by atoms with Crippen molar-refractivity contribution in [2.24, 2.45) is 0 Å². The lowest BCUT2D eigenvalue weighted by Gasteiger charge is -2.01. The second-order valence-electron chi connectivity index (χ2n) is 2.88. The molecule has 74 valence electrons. The van der Waals surface area contributed by atoms with E-state index in [1.807, 2.05) is 19.1 Å². The smallest absolute Gasteiger partial charge is 0.328 e. The Morgan fingerprint density at radius 1 is 1.57 bits per heavy atom. The lowest BCUT2D eigenvalue weighted by atomic mass is 10.1. The number of aryl methyl sites for hydroxylation is 1. The number of halogens is 1. The summed E-state index contributed by atoms with van der Waals surface area (Å²) in [5.74, 6) is -0.958. The van der Waals surface area contributed by atoms with Crippen LogP contribution in [-0.4, -0.2) is 11.1 Å². The zero-order valence-corrected chi connectivity index (χ0v) is 8.58. The maximum absolute atomic E-state index is 10.3. The molecule has 0 bridgehead atoms. The van der Waals surface area contributed by atoms with Gasteiger partial charge >= 0.3 is 5.97 Å². The van der Waals surface area contributed by atoms with Crippen LogP contribution >= 0.6 is 11.6 Å². The Labute approximate surface area is 87.8 Å². The van der Waals surface area contributed by atoms with Crippen molar-refractivity contribution < 1.29 is 9.90 Å². The van der Waals surface area contributed by atoms with Crippen molar-refractivity contribution in [3.8, 4) is 0 Å². The summed E-state index contributed by atoms with van der Waals surface area (Å²) in [4.78, 5) is 10.3. The van der Waals surface area contributed by atoms with E-state index in [0.29, 0.717) is 5.02 Å². The predicted octanol–water partition coefficient (Wildman–Crippen LogP) is 3.00. The molecule has 1 rings (SSSR count). The van der Waals surface area contributed by atoms with Gasteiger partial charge in [-0.15, -0.1) is 0 Å². The summed E-state index contributed by atoms with van der Waals surface area (Å²) in [6.45, 7) is 2.02. The molecule has 0 aliphatic heterocycles. The summed E-state index contributed by atoms with van der Waals surface area (Å²) in [6.07, 6.45) is 3.49. The minimum atomic E-state index is -0.958. The Morgan fingerprint density at radius 2 is 2.29 bits per heavy atom. The molecular weight excluding hydrogens is 200 g/mol. The number of carbonyl (C=O) groups is 1. The van der Waals surface area contributed by atoms with Crippen molar-refractivity contribution in [1.82, 2.24) is 0 Å². The van der Waals surface area contributed by atoms with Gasteiger partial charge in [-0.1, -0.05) is 30.7 Å². The van der Waals surface area contributed by atoms with Gasteiger partial charge in [0.2, 0.25) is 0 Å². The molecule has 0 atom stereocenters. The maximum atomic E-state index is 10.3. The summed E-state index contributed by atoms with van der Waals surface area (Å²) >= 11 is 5.96. The zero-order chi connectivity index (χ0) is 10.6. The van der Waals surface area contributed by atoms with Crippen LogP contribution in [0.15, 0.2) is 24.3 Å². The highest BCUT2D eigenvalue weighted by Gasteiger charge is 1.98. The normalized spacial score (nSPS) is 10.7. The van der Waals surface area contributed by atoms with Crippen molar-refractivity contribution in [1.29, 1.82) is 0 Å². The van der Waals surface area contributed by atoms with Crippen molar-refractivity contribution in [3.63, 3.8) is 0 Å². The summed E-state index contributed by atoms with van der Waals surface area (Å²) in [7, 11) is 0. The van der Waals surface area contributed by atoms with Crippen LogP contribution in [0.5, 0.6) is 0 Å². The largest absolute Gasteiger partial charge is 0.478 e. The molecule has 3 heteroatoms. The van der Waals surface area contributed by atoms with E-state index in [1.54, 1.807) is 6.07 Å². The highest BCUT2D eigenvalue weighted by atomic mass is 35.5.